The number of thiophene rings is 1. The molecular weight excluding hydrogens is 398 g/mol. The van der Waals surface area contributed by atoms with Crippen LogP contribution in [0, 0.1) is 6.92 Å². The molecule has 1 amide bonds. The number of rotatable bonds is 5. The summed E-state index contributed by atoms with van der Waals surface area (Å²) in [6, 6.07) is 4.13. The molecule has 1 fully saturated rings. The molecular formula is C18H15N5O3S2. The number of nitrogens with zero attached hydrogens (tertiary/aromatic N) is 5. The van der Waals surface area contributed by atoms with Crippen LogP contribution in [0.3, 0.4) is 0 Å². The smallest absolute Gasteiger partial charge is 0.283 e. The van der Waals surface area contributed by atoms with Gasteiger partial charge in [0.15, 0.2) is 0 Å². The molecule has 1 aliphatic rings. The number of carbonyl (C=O) groups is 1. The van der Waals surface area contributed by atoms with Gasteiger partial charge in [-0.25, -0.2) is 9.97 Å². The lowest BCUT2D eigenvalue weighted by Crippen LogP contribution is -2.23. The van der Waals surface area contributed by atoms with Crippen molar-refractivity contribution in [2.45, 2.75) is 36.6 Å². The quantitative estimate of drug-likeness (QED) is 0.454. The molecule has 0 spiro atoms. The molecule has 0 radical (unpaired) electrons. The van der Waals surface area contributed by atoms with Crippen LogP contribution in [0.25, 0.3) is 21.5 Å². The number of aromatic nitrogens is 4. The molecule has 0 atom stereocenters. The van der Waals surface area contributed by atoms with Crippen molar-refractivity contribution in [3.05, 3.63) is 35.5 Å². The number of furan rings is 1. The average Bonchev–Trinajstić information content (AvgIpc) is 3.45. The maximum Gasteiger partial charge on any atom is 0.283 e. The van der Waals surface area contributed by atoms with E-state index in [-0.39, 0.29) is 5.91 Å². The van der Waals surface area contributed by atoms with Gasteiger partial charge in [0.05, 0.1) is 11.9 Å². The van der Waals surface area contributed by atoms with Crippen molar-refractivity contribution in [3.63, 3.8) is 0 Å². The Bertz CT molecular complexity index is 1170. The molecule has 5 rings (SSSR count). The first-order chi connectivity index (χ1) is 13.7. The van der Waals surface area contributed by atoms with E-state index >= 15 is 0 Å². The Kier molecular flexibility index (Phi) is 4.36. The number of aryl methyl sites for hydroxylation is 1. The van der Waals surface area contributed by atoms with E-state index in [0.29, 0.717) is 34.8 Å². The predicted molar refractivity (Wildman–Crippen MR) is 103 cm³/mol. The molecule has 4 aromatic rings. The Labute approximate surface area is 168 Å². The van der Waals surface area contributed by atoms with E-state index in [9.17, 15) is 4.79 Å². The molecule has 0 unspecified atom stereocenters. The van der Waals surface area contributed by atoms with Crippen LogP contribution in [0.15, 0.2) is 43.8 Å². The van der Waals surface area contributed by atoms with Crippen LogP contribution in [0.1, 0.15) is 23.6 Å². The molecule has 5 heterocycles. The molecule has 0 bridgehead atoms. The number of hydrogen-bond acceptors (Lipinski definition) is 9. The average molecular weight is 413 g/mol. The zero-order chi connectivity index (χ0) is 19.1. The van der Waals surface area contributed by atoms with Gasteiger partial charge in [0.1, 0.15) is 17.6 Å². The Hall–Kier alpha value is -2.72. The lowest BCUT2D eigenvalue weighted by Gasteiger charge is -2.11. The third kappa shape index (κ3) is 3.18. The second-order valence-electron chi connectivity index (χ2n) is 6.40. The number of carbonyl (C=O) groups excluding carboxylic acids is 1. The first kappa shape index (κ1) is 17.4. The monoisotopic (exact) mass is 413 g/mol. The van der Waals surface area contributed by atoms with E-state index in [4.69, 9.17) is 8.83 Å². The summed E-state index contributed by atoms with van der Waals surface area (Å²) in [5, 5.41) is 10.0. The van der Waals surface area contributed by atoms with Gasteiger partial charge in [0.2, 0.25) is 17.5 Å². The number of fused-ring (bicyclic) bond motifs is 1. The van der Waals surface area contributed by atoms with Crippen LogP contribution >= 0.6 is 23.1 Å². The molecule has 8 nitrogen and oxygen atoms in total. The van der Waals surface area contributed by atoms with E-state index in [1.54, 1.807) is 22.5 Å². The summed E-state index contributed by atoms with van der Waals surface area (Å²) in [4.78, 5) is 24.4. The highest BCUT2D eigenvalue weighted by atomic mass is 32.2. The summed E-state index contributed by atoms with van der Waals surface area (Å²) in [7, 11) is 0. The van der Waals surface area contributed by atoms with Gasteiger partial charge >= 0.3 is 0 Å². The SMILES string of the molecule is Cc1ccc(-c2coc3ncnc(Sc4nnc(CN5CCCC5=O)o4)c23)s1. The van der Waals surface area contributed by atoms with Gasteiger partial charge in [-0.3, -0.25) is 4.79 Å². The van der Waals surface area contributed by atoms with Gasteiger partial charge < -0.3 is 13.7 Å². The van der Waals surface area contributed by atoms with Crippen molar-refractivity contribution >= 4 is 40.1 Å². The largest absolute Gasteiger partial charge is 0.445 e. The molecule has 0 saturated carbocycles. The maximum atomic E-state index is 11.8. The fraction of sp³-hybridized carbons (Fsp3) is 0.278. The van der Waals surface area contributed by atoms with Crippen LogP contribution in [-0.2, 0) is 11.3 Å². The van der Waals surface area contributed by atoms with E-state index in [1.807, 2.05) is 0 Å². The summed E-state index contributed by atoms with van der Waals surface area (Å²) in [5.74, 6) is 0.545. The minimum atomic E-state index is 0.124. The fourth-order valence-corrected chi connectivity index (χ4v) is 4.81. The minimum absolute atomic E-state index is 0.124. The van der Waals surface area contributed by atoms with Crippen LogP contribution in [0.5, 0.6) is 0 Å². The lowest BCUT2D eigenvalue weighted by molar-refractivity contribution is -0.128. The minimum Gasteiger partial charge on any atom is -0.445 e. The highest BCUT2D eigenvalue weighted by Crippen LogP contribution is 2.39. The van der Waals surface area contributed by atoms with Gasteiger partial charge in [-0.15, -0.1) is 21.5 Å². The van der Waals surface area contributed by atoms with Gasteiger partial charge in [-0.1, -0.05) is 0 Å². The summed E-state index contributed by atoms with van der Waals surface area (Å²) in [6.07, 6.45) is 4.61. The standard InChI is InChI=1S/C18H15N5O3S2/c1-10-4-5-12(27-10)11-8-25-16-15(11)17(20-9-19-16)28-18-22-21-13(26-18)7-23-6-2-3-14(23)24/h4-5,8-9H,2-3,6-7H2,1H3. The second kappa shape index (κ2) is 7.02. The second-order valence-corrected chi connectivity index (χ2v) is 8.63. The third-order valence-corrected chi connectivity index (χ3v) is 6.35. The Morgan fingerprint density at radius 3 is 3.00 bits per heavy atom. The molecule has 0 N–H and O–H groups in total. The van der Waals surface area contributed by atoms with Crippen LogP contribution in [-0.4, -0.2) is 37.5 Å². The molecule has 0 aromatic carbocycles. The molecule has 1 aliphatic heterocycles. The van der Waals surface area contributed by atoms with Crippen molar-refractivity contribution < 1.29 is 13.6 Å². The Morgan fingerprint density at radius 1 is 1.29 bits per heavy atom. The summed E-state index contributed by atoms with van der Waals surface area (Å²) in [5.41, 5.74) is 1.46. The number of amides is 1. The maximum absolute atomic E-state index is 11.8. The van der Waals surface area contributed by atoms with Crippen LogP contribution in [0.4, 0.5) is 0 Å². The summed E-state index contributed by atoms with van der Waals surface area (Å²) >= 11 is 2.95. The molecule has 1 saturated heterocycles. The van der Waals surface area contributed by atoms with Gasteiger partial charge in [0, 0.05) is 28.3 Å². The van der Waals surface area contributed by atoms with Crippen molar-refractivity contribution in [1.82, 2.24) is 25.1 Å². The first-order valence-electron chi connectivity index (χ1n) is 8.74. The molecule has 10 heteroatoms. The van der Waals surface area contributed by atoms with E-state index in [0.717, 1.165) is 28.8 Å². The zero-order valence-corrected chi connectivity index (χ0v) is 16.5. The summed E-state index contributed by atoms with van der Waals surface area (Å²) in [6.45, 7) is 3.14. The van der Waals surface area contributed by atoms with E-state index in [2.05, 4.69) is 39.2 Å². The fourth-order valence-electron chi connectivity index (χ4n) is 3.15. The topological polar surface area (TPSA) is 98.1 Å². The van der Waals surface area contributed by atoms with Crippen LogP contribution in [0.2, 0.25) is 0 Å². The van der Waals surface area contributed by atoms with Crippen LogP contribution < -0.4 is 0 Å². The van der Waals surface area contributed by atoms with Gasteiger partial charge in [0.25, 0.3) is 5.22 Å². The van der Waals surface area contributed by atoms with Crippen molar-refractivity contribution in [2.75, 3.05) is 6.54 Å². The molecule has 142 valence electrons. The Balaban J connectivity index is 1.44. The van der Waals surface area contributed by atoms with E-state index < -0.39 is 0 Å². The molecule has 28 heavy (non-hydrogen) atoms. The van der Waals surface area contributed by atoms with Crippen molar-refractivity contribution in [3.8, 4) is 10.4 Å². The number of hydrogen-bond donors (Lipinski definition) is 0. The first-order valence-corrected chi connectivity index (χ1v) is 10.4. The van der Waals surface area contributed by atoms with E-state index in [1.165, 1.54) is 23.0 Å². The Morgan fingerprint density at radius 2 is 2.21 bits per heavy atom. The third-order valence-electron chi connectivity index (χ3n) is 4.47. The highest BCUT2D eigenvalue weighted by molar-refractivity contribution is 7.99. The molecule has 0 aliphatic carbocycles. The predicted octanol–water partition coefficient (Wildman–Crippen LogP) is 3.92. The van der Waals surface area contributed by atoms with Gasteiger partial charge in [-0.05, 0) is 37.2 Å². The number of likely N-dealkylation sites (tertiary alicyclic amines) is 1. The van der Waals surface area contributed by atoms with Crippen molar-refractivity contribution in [2.24, 2.45) is 0 Å². The summed E-state index contributed by atoms with van der Waals surface area (Å²) < 4.78 is 11.4. The lowest BCUT2D eigenvalue weighted by atomic mass is 10.2. The molecule has 4 aromatic heterocycles. The van der Waals surface area contributed by atoms with Gasteiger partial charge in [-0.2, -0.15) is 0 Å². The van der Waals surface area contributed by atoms with Crippen molar-refractivity contribution in [1.29, 1.82) is 0 Å². The zero-order valence-electron chi connectivity index (χ0n) is 14.9. The highest BCUT2D eigenvalue weighted by Gasteiger charge is 2.23. The normalized spacial score (nSPS) is 14.5.